The van der Waals surface area contributed by atoms with E-state index in [1.165, 1.54) is 5.67 Å². The summed E-state index contributed by atoms with van der Waals surface area (Å²) in [6.45, 7) is 21.5. The van der Waals surface area contributed by atoms with Gasteiger partial charge in [0, 0.05) is 77.7 Å². The van der Waals surface area contributed by atoms with Gasteiger partial charge in [-0.15, -0.1) is 8.07 Å². The Kier molecular flexibility index (Phi) is 16.9. The van der Waals surface area contributed by atoms with Gasteiger partial charge in [-0.2, -0.15) is 0 Å². The van der Waals surface area contributed by atoms with Crippen LogP contribution in [0.4, 0.5) is 0 Å². The van der Waals surface area contributed by atoms with Crippen molar-refractivity contribution in [2.75, 3.05) is 13.2 Å². The van der Waals surface area contributed by atoms with Gasteiger partial charge in [-0.1, -0.05) is 160 Å². The molecule has 8 aromatic carbocycles. The smallest absolute Gasteiger partial charge is 0.147 e. The Labute approximate surface area is 465 Å². The molecule has 0 spiro atoms. The second kappa shape index (κ2) is 23.0. The van der Waals surface area contributed by atoms with E-state index in [-0.39, 0.29) is 56.6 Å². The predicted octanol–water partition coefficient (Wildman–Crippen LogP) is 17.9. The summed E-state index contributed by atoms with van der Waals surface area (Å²) in [7, 11) is -1.77. The first kappa shape index (κ1) is 55.1. The maximum Gasteiger partial charge on any atom is 0.147 e. The minimum absolute atomic E-state index is 0. The topological polar surface area (TPSA) is 68.8 Å². The molecule has 384 valence electrons. The largest absolute Gasteiger partial charge is 0.505 e. The number of nitrogens with zero attached hydrogens (tertiary/aromatic N) is 2. The molecule has 2 aromatic heterocycles. The molecular formula is C66H72HfN2O4Si2-2. The first-order chi connectivity index (χ1) is 35.1. The van der Waals surface area contributed by atoms with Crippen LogP contribution in [0, 0.1) is 39.7 Å². The van der Waals surface area contributed by atoms with Crippen LogP contribution in [0.1, 0.15) is 36.8 Å². The molecule has 2 atom stereocenters. The van der Waals surface area contributed by atoms with Crippen LogP contribution in [0.25, 0.3) is 77.2 Å². The van der Waals surface area contributed by atoms with Crippen molar-refractivity contribution >= 4 is 59.8 Å². The molecule has 0 amide bonds. The van der Waals surface area contributed by atoms with Gasteiger partial charge in [-0.05, 0) is 110 Å². The van der Waals surface area contributed by atoms with Crippen molar-refractivity contribution < 1.29 is 45.5 Å². The molecule has 6 nitrogen and oxygen atoms in total. The van der Waals surface area contributed by atoms with Crippen LogP contribution in [0.15, 0.2) is 170 Å². The van der Waals surface area contributed by atoms with Crippen LogP contribution >= 0.6 is 0 Å². The van der Waals surface area contributed by atoms with E-state index in [1.807, 2.05) is 48.5 Å². The number of hydrogen-bond donors (Lipinski definition) is 2. The van der Waals surface area contributed by atoms with Crippen molar-refractivity contribution in [2.45, 2.75) is 77.9 Å². The Balaban J connectivity index is 0.000000624. The minimum atomic E-state index is -0.981. The summed E-state index contributed by atoms with van der Waals surface area (Å²) in [6.07, 6.45) is 4.39. The summed E-state index contributed by atoms with van der Waals surface area (Å²) in [6, 6.07) is 57.9. The Morgan fingerprint density at radius 2 is 0.800 bits per heavy atom. The number of aromatic hydroxyl groups is 2. The molecule has 0 unspecified atom stereocenters. The number of ether oxygens (including phenoxy) is 2. The number of fused-ring (bicyclic) bond motifs is 6. The molecule has 0 aliphatic heterocycles. The third kappa shape index (κ3) is 11.7. The van der Waals surface area contributed by atoms with Crippen molar-refractivity contribution in [1.82, 2.24) is 9.13 Å². The molecule has 1 aliphatic carbocycles. The minimum Gasteiger partial charge on any atom is -0.505 e. The molecule has 0 saturated heterocycles. The average Bonchev–Trinajstić information content (AvgIpc) is 3.89. The summed E-state index contributed by atoms with van der Waals surface area (Å²) in [5.74, 6) is 2.50. The molecule has 75 heavy (non-hydrogen) atoms. The molecule has 10 aromatic rings. The Hall–Kier alpha value is -6.14. The number of hydrogen-bond acceptors (Lipinski definition) is 4. The van der Waals surface area contributed by atoms with E-state index < -0.39 is 16.1 Å². The normalized spacial score (nSPS) is 14.8. The summed E-state index contributed by atoms with van der Waals surface area (Å²) in [5.41, 5.74) is 12.5. The van der Waals surface area contributed by atoms with Gasteiger partial charge in [0.05, 0.1) is 46.7 Å². The van der Waals surface area contributed by atoms with Crippen molar-refractivity contribution in [1.29, 1.82) is 0 Å². The van der Waals surface area contributed by atoms with Crippen LogP contribution in [0.5, 0.6) is 23.0 Å². The zero-order valence-corrected chi connectivity index (χ0v) is 50.7. The zero-order valence-electron chi connectivity index (χ0n) is 45.1. The van der Waals surface area contributed by atoms with Crippen LogP contribution in [0.3, 0.4) is 0 Å². The molecule has 11 rings (SSSR count). The van der Waals surface area contributed by atoms with Crippen molar-refractivity contribution in [3.8, 4) is 56.6 Å². The standard InChI is InChI=1S/C58H50N2O4.C7H19Si2.CH3.Hf/c1-37-31-47(57(61)53(33-37)59-49-25-11-5-19-41(49)42-20-6-12-26-50(42)59)45-23-9-15-29-55(45)63-35-39-17-3-4-18-40(39)36-64-56-30-16-10-24-46(56)48-32-38(2)34-54(58(48)62)60-51-27-13-7-21-43(51)44-22-8-14-28-52(44)60;1-8(2,3)7-9(4,5)6;;/h5-16,19-34,39-40,61-62H,3-4,17-18,35-36H2,1-2H3;1,7H2,2-6H3;1H3;/q;2*-1;/t39-,40-;;;/m0.../s1. The van der Waals surface area contributed by atoms with E-state index in [4.69, 9.17) is 9.47 Å². The second-order valence-corrected chi connectivity index (χ2v) is 33.3. The fourth-order valence-corrected chi connectivity index (χ4v) is 23.3. The third-order valence-electron chi connectivity index (χ3n) is 14.4. The predicted molar refractivity (Wildman–Crippen MR) is 319 cm³/mol. The molecule has 9 heteroatoms. The Morgan fingerprint density at radius 1 is 0.480 bits per heavy atom. The van der Waals surface area contributed by atoms with Gasteiger partial charge in [0.25, 0.3) is 0 Å². The molecule has 1 saturated carbocycles. The molecule has 0 bridgehead atoms. The first-order valence-corrected chi connectivity index (χ1v) is 33.2. The van der Waals surface area contributed by atoms with Gasteiger partial charge in [0.2, 0.25) is 0 Å². The van der Waals surface area contributed by atoms with E-state index in [0.717, 1.165) is 126 Å². The monoisotopic (exact) mass is 1190 g/mol. The first-order valence-electron chi connectivity index (χ1n) is 26.1. The summed E-state index contributed by atoms with van der Waals surface area (Å²) in [4.78, 5) is 0. The Morgan fingerprint density at radius 3 is 1.12 bits per heavy atom. The van der Waals surface area contributed by atoms with Gasteiger partial charge >= 0.3 is 0 Å². The third-order valence-corrected chi connectivity index (χ3v) is 22.5. The summed E-state index contributed by atoms with van der Waals surface area (Å²) in [5, 5.41) is 29.0. The van der Waals surface area contributed by atoms with E-state index in [9.17, 15) is 10.2 Å². The molecular weight excluding hydrogens is 1120 g/mol. The van der Waals surface area contributed by atoms with Gasteiger partial charge in [0.15, 0.2) is 0 Å². The number of benzene rings is 8. The van der Waals surface area contributed by atoms with Crippen LogP contribution in [0.2, 0.25) is 38.4 Å². The number of rotatable bonds is 12. The van der Waals surface area contributed by atoms with Crippen molar-refractivity contribution in [2.24, 2.45) is 11.8 Å². The van der Waals surface area contributed by atoms with Crippen LogP contribution < -0.4 is 9.47 Å². The molecule has 0 radical (unpaired) electrons. The number of para-hydroxylation sites is 6. The fourth-order valence-electron chi connectivity index (χ4n) is 11.8. The Bertz CT molecular complexity index is 3280. The summed E-state index contributed by atoms with van der Waals surface area (Å²) >= 11 is 0. The van der Waals surface area contributed by atoms with Crippen LogP contribution in [-0.4, -0.2) is 48.7 Å². The average molecular weight is 1190 g/mol. The van der Waals surface area contributed by atoms with E-state index in [0.29, 0.717) is 13.2 Å². The quantitative estimate of drug-likeness (QED) is 0.0945. The number of phenols is 2. The van der Waals surface area contributed by atoms with Crippen LogP contribution in [-0.2, 0) is 25.8 Å². The maximum atomic E-state index is 12.2. The molecule has 1 fully saturated rings. The zero-order chi connectivity index (χ0) is 51.0. The van der Waals surface area contributed by atoms with E-state index in [2.05, 4.69) is 184 Å². The number of phenolic OH excluding ortho intramolecular Hbond substituents is 2. The second-order valence-electron chi connectivity index (χ2n) is 22.4. The number of aryl methyl sites for hydroxylation is 2. The van der Waals surface area contributed by atoms with E-state index in [1.54, 1.807) is 0 Å². The molecule has 2 N–H and O–H groups in total. The SMILES string of the molecule is Cc1cc(-c2ccccc2OC[C@@H]2CCCC[C@H]2COc2ccccc2-c2cc(C)cc(-n3c4ccccc4c4ccccc43)c2O)c(O)c(-n2c3ccccc3c3ccccc32)c1.[CH2-][Si](C)(C)C[Si](C)(C)C.[CH3-].[Hf]. The van der Waals surface area contributed by atoms with Crippen molar-refractivity contribution in [3.63, 3.8) is 0 Å². The van der Waals surface area contributed by atoms with Gasteiger partial charge in [-0.3, -0.25) is 0 Å². The molecule has 1 aliphatic rings. The van der Waals surface area contributed by atoms with Crippen molar-refractivity contribution in [3.05, 3.63) is 195 Å². The summed E-state index contributed by atoms with van der Waals surface area (Å²) < 4.78 is 18.0. The van der Waals surface area contributed by atoms with E-state index >= 15 is 0 Å². The maximum absolute atomic E-state index is 12.2. The fraction of sp³-hybridized carbons (Fsp3) is 0.242. The van der Waals surface area contributed by atoms with Gasteiger partial charge < -0.3 is 42.8 Å². The number of aromatic nitrogens is 2. The van der Waals surface area contributed by atoms with Gasteiger partial charge in [0.1, 0.15) is 23.0 Å². The van der Waals surface area contributed by atoms with Gasteiger partial charge in [-0.25, -0.2) is 0 Å². The molecule has 2 heterocycles.